The summed E-state index contributed by atoms with van der Waals surface area (Å²) in [6.07, 6.45) is 2.68. The van der Waals surface area contributed by atoms with Gasteiger partial charge in [0.2, 0.25) is 0 Å². The van der Waals surface area contributed by atoms with E-state index in [4.69, 9.17) is 4.74 Å². The number of nitrogens with one attached hydrogen (secondary N) is 2. The molecule has 2 N–H and O–H groups in total. The molecule has 2 rings (SSSR count). The highest BCUT2D eigenvalue weighted by Gasteiger charge is 2.24. The molecule has 0 spiro atoms. The van der Waals surface area contributed by atoms with Crippen molar-refractivity contribution in [2.45, 2.75) is 39.2 Å². The SMILES string of the molecule is CCCCCNC(=O)c1ccc2c(c1)OC(C)C(=O)N2. The third-order valence-electron chi connectivity index (χ3n) is 3.24. The molecular formula is C15H20N2O3. The van der Waals surface area contributed by atoms with Gasteiger partial charge in [0.25, 0.3) is 11.8 Å². The van der Waals surface area contributed by atoms with Crippen LogP contribution >= 0.6 is 0 Å². The van der Waals surface area contributed by atoms with E-state index in [2.05, 4.69) is 17.6 Å². The zero-order chi connectivity index (χ0) is 14.5. The molecule has 1 aliphatic rings. The first kappa shape index (κ1) is 14.4. The van der Waals surface area contributed by atoms with Gasteiger partial charge < -0.3 is 15.4 Å². The summed E-state index contributed by atoms with van der Waals surface area (Å²) in [4.78, 5) is 23.4. The number of carbonyl (C=O) groups is 2. The standard InChI is InChI=1S/C15H20N2O3/c1-3-4-5-8-16-15(19)11-6-7-12-13(9-11)20-10(2)14(18)17-12/h6-7,9-10H,3-5,8H2,1-2H3,(H,16,19)(H,17,18). The smallest absolute Gasteiger partial charge is 0.265 e. The number of anilines is 1. The Labute approximate surface area is 118 Å². The van der Waals surface area contributed by atoms with Gasteiger partial charge in [0.05, 0.1) is 5.69 Å². The van der Waals surface area contributed by atoms with Crippen LogP contribution in [0.2, 0.25) is 0 Å². The quantitative estimate of drug-likeness (QED) is 0.811. The van der Waals surface area contributed by atoms with Gasteiger partial charge in [0.15, 0.2) is 6.10 Å². The maximum Gasteiger partial charge on any atom is 0.265 e. The lowest BCUT2D eigenvalue weighted by Crippen LogP contribution is -2.34. The van der Waals surface area contributed by atoms with E-state index < -0.39 is 6.10 Å². The largest absolute Gasteiger partial charge is 0.479 e. The molecule has 0 aliphatic carbocycles. The lowest BCUT2D eigenvalue weighted by atomic mass is 10.1. The summed E-state index contributed by atoms with van der Waals surface area (Å²) in [7, 11) is 0. The van der Waals surface area contributed by atoms with E-state index in [0.29, 0.717) is 23.5 Å². The number of ether oxygens (including phenoxy) is 1. The van der Waals surface area contributed by atoms with Crippen LogP contribution in [0.1, 0.15) is 43.5 Å². The molecule has 0 bridgehead atoms. The van der Waals surface area contributed by atoms with E-state index >= 15 is 0 Å². The van der Waals surface area contributed by atoms with Crippen molar-refractivity contribution in [3.8, 4) is 5.75 Å². The Hall–Kier alpha value is -2.04. The van der Waals surface area contributed by atoms with Crippen LogP contribution in [0.25, 0.3) is 0 Å². The molecule has 5 nitrogen and oxygen atoms in total. The predicted molar refractivity (Wildman–Crippen MR) is 77.0 cm³/mol. The van der Waals surface area contributed by atoms with Crippen molar-refractivity contribution < 1.29 is 14.3 Å². The van der Waals surface area contributed by atoms with Gasteiger partial charge in [0, 0.05) is 12.1 Å². The first-order valence-corrected chi connectivity index (χ1v) is 7.01. The fraction of sp³-hybridized carbons (Fsp3) is 0.467. The predicted octanol–water partition coefficient (Wildman–Crippen LogP) is 2.33. The zero-order valence-electron chi connectivity index (χ0n) is 11.9. The Morgan fingerprint density at radius 1 is 1.40 bits per heavy atom. The van der Waals surface area contributed by atoms with Crippen LogP contribution in [-0.2, 0) is 4.79 Å². The fourth-order valence-corrected chi connectivity index (χ4v) is 2.02. The monoisotopic (exact) mass is 276 g/mol. The van der Waals surface area contributed by atoms with Gasteiger partial charge in [0.1, 0.15) is 5.75 Å². The number of fused-ring (bicyclic) bond motifs is 1. The molecular weight excluding hydrogens is 256 g/mol. The molecule has 1 heterocycles. The van der Waals surface area contributed by atoms with Crippen LogP contribution in [0.15, 0.2) is 18.2 Å². The molecule has 5 heteroatoms. The first-order valence-electron chi connectivity index (χ1n) is 7.01. The van der Waals surface area contributed by atoms with Crippen molar-refractivity contribution in [3.05, 3.63) is 23.8 Å². The van der Waals surface area contributed by atoms with Crippen LogP contribution in [0, 0.1) is 0 Å². The minimum atomic E-state index is -0.537. The van der Waals surface area contributed by atoms with Gasteiger partial charge in [-0.25, -0.2) is 0 Å². The number of hydrogen-bond acceptors (Lipinski definition) is 3. The van der Waals surface area contributed by atoms with Gasteiger partial charge in [-0.1, -0.05) is 19.8 Å². The van der Waals surface area contributed by atoms with Gasteiger partial charge in [-0.05, 0) is 31.5 Å². The molecule has 0 aromatic heterocycles. The van der Waals surface area contributed by atoms with E-state index in [9.17, 15) is 9.59 Å². The van der Waals surface area contributed by atoms with E-state index in [1.807, 2.05) is 0 Å². The summed E-state index contributed by atoms with van der Waals surface area (Å²) < 4.78 is 5.49. The maximum atomic E-state index is 12.0. The van der Waals surface area contributed by atoms with Crippen molar-refractivity contribution in [1.82, 2.24) is 5.32 Å². The van der Waals surface area contributed by atoms with Gasteiger partial charge >= 0.3 is 0 Å². The number of unbranched alkanes of at least 4 members (excludes halogenated alkanes) is 2. The van der Waals surface area contributed by atoms with Gasteiger partial charge in [-0.15, -0.1) is 0 Å². The summed E-state index contributed by atoms with van der Waals surface area (Å²) in [6, 6.07) is 5.05. The average molecular weight is 276 g/mol. The molecule has 108 valence electrons. The van der Waals surface area contributed by atoms with Crippen molar-refractivity contribution >= 4 is 17.5 Å². The molecule has 0 radical (unpaired) electrons. The zero-order valence-corrected chi connectivity index (χ0v) is 11.9. The highest BCUT2D eigenvalue weighted by Crippen LogP contribution is 2.30. The average Bonchev–Trinajstić information content (AvgIpc) is 2.44. The van der Waals surface area contributed by atoms with E-state index in [-0.39, 0.29) is 11.8 Å². The highest BCUT2D eigenvalue weighted by atomic mass is 16.5. The number of hydrogen-bond donors (Lipinski definition) is 2. The minimum absolute atomic E-state index is 0.114. The summed E-state index contributed by atoms with van der Waals surface area (Å²) >= 11 is 0. The number of benzene rings is 1. The Bertz CT molecular complexity index is 514. The lowest BCUT2D eigenvalue weighted by Gasteiger charge is -2.23. The van der Waals surface area contributed by atoms with Crippen molar-refractivity contribution in [3.63, 3.8) is 0 Å². The van der Waals surface area contributed by atoms with E-state index in [0.717, 1.165) is 19.3 Å². The molecule has 0 fully saturated rings. The topological polar surface area (TPSA) is 67.4 Å². The number of rotatable bonds is 5. The highest BCUT2D eigenvalue weighted by molar-refractivity contribution is 6.00. The second-order valence-corrected chi connectivity index (χ2v) is 4.92. The molecule has 1 aromatic carbocycles. The lowest BCUT2D eigenvalue weighted by molar-refractivity contribution is -0.122. The Morgan fingerprint density at radius 3 is 2.95 bits per heavy atom. The second-order valence-electron chi connectivity index (χ2n) is 4.92. The molecule has 2 amide bonds. The Morgan fingerprint density at radius 2 is 2.20 bits per heavy atom. The summed E-state index contributed by atoms with van der Waals surface area (Å²) in [5.41, 5.74) is 1.15. The molecule has 1 atom stereocenters. The molecule has 1 unspecified atom stereocenters. The Kier molecular flexibility index (Phi) is 4.61. The molecule has 20 heavy (non-hydrogen) atoms. The molecule has 0 saturated carbocycles. The van der Waals surface area contributed by atoms with Gasteiger partial charge in [-0.3, -0.25) is 9.59 Å². The van der Waals surface area contributed by atoms with Crippen LogP contribution in [0.4, 0.5) is 5.69 Å². The summed E-state index contributed by atoms with van der Waals surface area (Å²) in [6.45, 7) is 4.48. The van der Waals surface area contributed by atoms with E-state index in [1.165, 1.54) is 0 Å². The normalized spacial score (nSPS) is 16.9. The molecule has 1 aliphatic heterocycles. The first-order chi connectivity index (χ1) is 9.61. The number of amides is 2. The maximum absolute atomic E-state index is 12.0. The minimum Gasteiger partial charge on any atom is -0.479 e. The third-order valence-corrected chi connectivity index (χ3v) is 3.24. The van der Waals surface area contributed by atoms with Crippen LogP contribution in [0.3, 0.4) is 0 Å². The van der Waals surface area contributed by atoms with Gasteiger partial charge in [-0.2, -0.15) is 0 Å². The number of carbonyl (C=O) groups excluding carboxylic acids is 2. The Balaban J connectivity index is 2.02. The summed E-state index contributed by atoms with van der Waals surface area (Å²) in [5, 5.41) is 5.62. The molecule has 0 saturated heterocycles. The van der Waals surface area contributed by atoms with E-state index in [1.54, 1.807) is 25.1 Å². The fourth-order valence-electron chi connectivity index (χ4n) is 2.02. The second kappa shape index (κ2) is 6.41. The third kappa shape index (κ3) is 3.29. The van der Waals surface area contributed by atoms with Crippen LogP contribution in [-0.4, -0.2) is 24.5 Å². The molecule has 1 aromatic rings. The van der Waals surface area contributed by atoms with Crippen LogP contribution in [0.5, 0.6) is 5.75 Å². The van der Waals surface area contributed by atoms with Crippen LogP contribution < -0.4 is 15.4 Å². The van der Waals surface area contributed by atoms with Crippen molar-refractivity contribution in [1.29, 1.82) is 0 Å². The van der Waals surface area contributed by atoms with Crippen molar-refractivity contribution in [2.24, 2.45) is 0 Å². The van der Waals surface area contributed by atoms with Crippen molar-refractivity contribution in [2.75, 3.05) is 11.9 Å². The summed E-state index contributed by atoms with van der Waals surface area (Å²) in [5.74, 6) is 0.254.